The van der Waals surface area contributed by atoms with E-state index < -0.39 is 18.0 Å². The maximum atomic E-state index is 12.3. The van der Waals surface area contributed by atoms with Crippen LogP contribution in [0.3, 0.4) is 0 Å². The van der Waals surface area contributed by atoms with Crippen molar-refractivity contribution in [3.8, 4) is 11.5 Å². The van der Waals surface area contributed by atoms with Crippen LogP contribution in [0.25, 0.3) is 0 Å². The Labute approximate surface area is 139 Å². The van der Waals surface area contributed by atoms with Gasteiger partial charge in [0.25, 0.3) is 0 Å². The Balaban J connectivity index is 2.24. The van der Waals surface area contributed by atoms with Gasteiger partial charge >= 0.3 is 11.9 Å². The molecule has 6 nitrogen and oxygen atoms in total. The summed E-state index contributed by atoms with van der Waals surface area (Å²) in [6.45, 7) is 1.84. The van der Waals surface area contributed by atoms with Gasteiger partial charge in [-0.1, -0.05) is 30.3 Å². The molecule has 1 atom stereocenters. The monoisotopic (exact) mass is 330 g/mol. The summed E-state index contributed by atoms with van der Waals surface area (Å²) >= 11 is 0. The summed E-state index contributed by atoms with van der Waals surface area (Å²) in [4.78, 5) is 24.4. The lowest BCUT2D eigenvalue weighted by atomic mass is 10.1. The van der Waals surface area contributed by atoms with Crippen LogP contribution in [0.1, 0.15) is 28.9 Å². The van der Waals surface area contributed by atoms with Crippen molar-refractivity contribution in [1.29, 1.82) is 0 Å². The fourth-order valence-electron chi connectivity index (χ4n) is 2.09. The van der Waals surface area contributed by atoms with Crippen LogP contribution in [-0.4, -0.2) is 30.8 Å². The number of benzene rings is 2. The predicted molar refractivity (Wildman–Crippen MR) is 85.9 cm³/mol. The molecule has 0 bridgehead atoms. The van der Waals surface area contributed by atoms with Crippen LogP contribution in [0.2, 0.25) is 0 Å². The van der Waals surface area contributed by atoms with E-state index >= 15 is 0 Å². The van der Waals surface area contributed by atoms with E-state index in [-0.39, 0.29) is 23.7 Å². The number of carbonyl (C=O) groups is 2. The molecule has 2 aromatic rings. The molecule has 0 radical (unpaired) electrons. The number of phenols is 1. The summed E-state index contributed by atoms with van der Waals surface area (Å²) < 4.78 is 15.2. The molecule has 0 amide bonds. The van der Waals surface area contributed by atoms with E-state index in [1.807, 2.05) is 0 Å². The zero-order valence-electron chi connectivity index (χ0n) is 13.4. The molecule has 0 aliphatic rings. The molecule has 0 aromatic heterocycles. The summed E-state index contributed by atoms with van der Waals surface area (Å²) in [5.74, 6) is -1.37. The first-order chi connectivity index (χ1) is 11.6. The van der Waals surface area contributed by atoms with Crippen molar-refractivity contribution in [3.05, 3.63) is 59.7 Å². The van der Waals surface area contributed by atoms with Crippen molar-refractivity contribution in [3.63, 3.8) is 0 Å². The third kappa shape index (κ3) is 4.04. The Bertz CT molecular complexity index is 711. The minimum Gasteiger partial charge on any atom is -0.504 e. The Morgan fingerprint density at radius 2 is 1.83 bits per heavy atom. The van der Waals surface area contributed by atoms with E-state index in [1.165, 1.54) is 25.3 Å². The molecule has 0 saturated carbocycles. The van der Waals surface area contributed by atoms with Gasteiger partial charge in [-0.15, -0.1) is 0 Å². The molecular formula is C18H18O6. The molecule has 6 heteroatoms. The highest BCUT2D eigenvalue weighted by molar-refractivity contribution is 5.92. The van der Waals surface area contributed by atoms with Crippen molar-refractivity contribution in [2.75, 3.05) is 13.7 Å². The number of rotatable bonds is 6. The highest BCUT2D eigenvalue weighted by Gasteiger charge is 2.27. The number of esters is 2. The van der Waals surface area contributed by atoms with E-state index in [9.17, 15) is 14.7 Å². The second-order valence-electron chi connectivity index (χ2n) is 4.83. The largest absolute Gasteiger partial charge is 0.504 e. The Morgan fingerprint density at radius 3 is 2.42 bits per heavy atom. The van der Waals surface area contributed by atoms with Gasteiger partial charge in [0.2, 0.25) is 6.10 Å². The van der Waals surface area contributed by atoms with Crippen LogP contribution in [0.5, 0.6) is 11.5 Å². The minimum atomic E-state index is -1.18. The highest BCUT2D eigenvalue weighted by Crippen LogP contribution is 2.28. The second-order valence-corrected chi connectivity index (χ2v) is 4.83. The first-order valence-electron chi connectivity index (χ1n) is 7.36. The van der Waals surface area contributed by atoms with Crippen LogP contribution in [-0.2, 0) is 14.3 Å². The van der Waals surface area contributed by atoms with Gasteiger partial charge in [-0.05, 0) is 25.1 Å². The van der Waals surface area contributed by atoms with E-state index in [0.717, 1.165) is 0 Å². The van der Waals surface area contributed by atoms with Crippen LogP contribution in [0, 0.1) is 0 Å². The van der Waals surface area contributed by atoms with Gasteiger partial charge in [0.05, 0.1) is 19.3 Å². The number of methoxy groups -OCH3 is 1. The van der Waals surface area contributed by atoms with Crippen molar-refractivity contribution < 1.29 is 28.9 Å². The molecule has 126 valence electrons. The number of hydrogen-bond acceptors (Lipinski definition) is 6. The van der Waals surface area contributed by atoms with Gasteiger partial charge < -0.3 is 19.3 Å². The quantitative estimate of drug-likeness (QED) is 0.820. The average Bonchev–Trinajstić information content (AvgIpc) is 2.60. The maximum absolute atomic E-state index is 12.3. The van der Waals surface area contributed by atoms with E-state index in [4.69, 9.17) is 14.2 Å². The fraction of sp³-hybridized carbons (Fsp3) is 0.222. The highest BCUT2D eigenvalue weighted by atomic mass is 16.6. The lowest BCUT2D eigenvalue weighted by Crippen LogP contribution is -2.22. The smallest absolute Gasteiger partial charge is 0.352 e. The number of carbonyl (C=O) groups excluding carboxylic acids is 2. The molecule has 0 spiro atoms. The number of phenolic OH excluding ortho intramolecular Hbond substituents is 1. The Kier molecular flexibility index (Phi) is 5.78. The zero-order valence-corrected chi connectivity index (χ0v) is 13.4. The molecular weight excluding hydrogens is 312 g/mol. The molecule has 0 aliphatic heterocycles. The van der Waals surface area contributed by atoms with Gasteiger partial charge in [0.1, 0.15) is 0 Å². The van der Waals surface area contributed by atoms with Gasteiger partial charge in [-0.3, -0.25) is 0 Å². The summed E-state index contributed by atoms with van der Waals surface area (Å²) in [5, 5.41) is 9.76. The minimum absolute atomic E-state index is 0.0959. The standard InChI is InChI=1S/C18H18O6/c1-3-23-18(21)16(12-7-5-4-6-8-12)24-17(20)13-9-10-15(22-2)14(19)11-13/h4-11,16,19H,3H2,1-2H3. The third-order valence-corrected chi connectivity index (χ3v) is 3.24. The molecule has 1 N–H and O–H groups in total. The number of ether oxygens (including phenoxy) is 3. The molecule has 1 unspecified atom stereocenters. The SMILES string of the molecule is CCOC(=O)C(OC(=O)c1ccc(OC)c(O)c1)c1ccccc1. The van der Waals surface area contributed by atoms with Gasteiger partial charge in [0, 0.05) is 5.56 Å². The molecule has 2 aromatic carbocycles. The lowest BCUT2D eigenvalue weighted by molar-refractivity contribution is -0.153. The van der Waals surface area contributed by atoms with Gasteiger partial charge in [-0.25, -0.2) is 9.59 Å². The van der Waals surface area contributed by atoms with E-state index in [1.54, 1.807) is 37.3 Å². The topological polar surface area (TPSA) is 82.1 Å². The summed E-state index contributed by atoms with van der Waals surface area (Å²) in [6.07, 6.45) is -1.18. The molecule has 0 fully saturated rings. The summed E-state index contributed by atoms with van der Waals surface area (Å²) in [5.41, 5.74) is 0.598. The van der Waals surface area contributed by atoms with Crippen LogP contribution in [0.4, 0.5) is 0 Å². The molecule has 0 saturated heterocycles. The van der Waals surface area contributed by atoms with Crippen molar-refractivity contribution in [2.24, 2.45) is 0 Å². The first-order valence-corrected chi connectivity index (χ1v) is 7.36. The molecule has 2 rings (SSSR count). The molecule has 0 heterocycles. The first kappa shape index (κ1) is 17.3. The second kappa shape index (κ2) is 8.01. The Hall–Kier alpha value is -3.02. The van der Waals surface area contributed by atoms with E-state index in [0.29, 0.717) is 5.56 Å². The molecule has 24 heavy (non-hydrogen) atoms. The van der Waals surface area contributed by atoms with Crippen molar-refractivity contribution in [2.45, 2.75) is 13.0 Å². The summed E-state index contributed by atoms with van der Waals surface area (Å²) in [7, 11) is 1.40. The zero-order chi connectivity index (χ0) is 17.5. The van der Waals surface area contributed by atoms with Crippen LogP contribution < -0.4 is 4.74 Å². The van der Waals surface area contributed by atoms with Gasteiger partial charge in [-0.2, -0.15) is 0 Å². The number of aromatic hydroxyl groups is 1. The average molecular weight is 330 g/mol. The van der Waals surface area contributed by atoms with Gasteiger partial charge in [0.15, 0.2) is 11.5 Å². The normalized spacial score (nSPS) is 11.4. The predicted octanol–water partition coefficient (Wildman–Crippen LogP) is 2.86. The summed E-state index contributed by atoms with van der Waals surface area (Å²) in [6, 6.07) is 12.7. The van der Waals surface area contributed by atoms with Crippen molar-refractivity contribution >= 4 is 11.9 Å². The van der Waals surface area contributed by atoms with E-state index in [2.05, 4.69) is 0 Å². The molecule has 0 aliphatic carbocycles. The fourth-order valence-corrected chi connectivity index (χ4v) is 2.09. The maximum Gasteiger partial charge on any atom is 0.352 e. The number of hydrogen-bond donors (Lipinski definition) is 1. The third-order valence-electron chi connectivity index (χ3n) is 3.24. The lowest BCUT2D eigenvalue weighted by Gasteiger charge is -2.17. The van der Waals surface area contributed by atoms with Crippen LogP contribution >= 0.6 is 0 Å². The van der Waals surface area contributed by atoms with Crippen molar-refractivity contribution in [1.82, 2.24) is 0 Å². The van der Waals surface area contributed by atoms with Crippen LogP contribution in [0.15, 0.2) is 48.5 Å². The Morgan fingerprint density at radius 1 is 1.12 bits per heavy atom.